The van der Waals surface area contributed by atoms with Crippen molar-refractivity contribution in [2.45, 2.75) is 46.4 Å². The van der Waals surface area contributed by atoms with Gasteiger partial charge in [0.2, 0.25) is 0 Å². The summed E-state index contributed by atoms with van der Waals surface area (Å²) in [5, 5.41) is 7.86. The van der Waals surface area contributed by atoms with E-state index in [2.05, 4.69) is 31.1 Å². The number of nitrogens with zero attached hydrogens (tertiary/aromatic N) is 3. The second kappa shape index (κ2) is 6.60. The molecule has 0 aliphatic carbocycles. The highest BCUT2D eigenvalue weighted by Crippen LogP contribution is 2.07. The van der Waals surface area contributed by atoms with Gasteiger partial charge < -0.3 is 10.5 Å². The van der Waals surface area contributed by atoms with Crippen LogP contribution in [0.1, 0.15) is 32.9 Å². The van der Waals surface area contributed by atoms with Crippen molar-refractivity contribution in [1.82, 2.24) is 15.0 Å². The Hall–Kier alpha value is -0.940. The summed E-state index contributed by atoms with van der Waals surface area (Å²) in [7, 11) is 0. The maximum Gasteiger partial charge on any atom is 0.0962 e. The molecule has 16 heavy (non-hydrogen) atoms. The van der Waals surface area contributed by atoms with Gasteiger partial charge in [-0.05, 0) is 19.3 Å². The maximum absolute atomic E-state index is 5.68. The molecular weight excluding hydrogens is 204 g/mol. The van der Waals surface area contributed by atoms with Crippen LogP contribution in [0.4, 0.5) is 0 Å². The molecule has 1 aromatic rings. The predicted molar refractivity (Wildman–Crippen MR) is 62.8 cm³/mol. The Labute approximate surface area is 97.0 Å². The van der Waals surface area contributed by atoms with Gasteiger partial charge in [0.25, 0.3) is 0 Å². The van der Waals surface area contributed by atoms with Gasteiger partial charge in [0.1, 0.15) is 0 Å². The Morgan fingerprint density at radius 2 is 2.19 bits per heavy atom. The minimum Gasteiger partial charge on any atom is -0.377 e. The van der Waals surface area contributed by atoms with Crippen molar-refractivity contribution in [1.29, 1.82) is 0 Å². The lowest BCUT2D eigenvalue weighted by Crippen LogP contribution is -2.15. The third kappa shape index (κ3) is 4.72. The molecule has 0 spiro atoms. The van der Waals surface area contributed by atoms with Gasteiger partial charge >= 0.3 is 0 Å². The molecule has 5 heteroatoms. The van der Waals surface area contributed by atoms with E-state index in [0.717, 1.165) is 18.7 Å². The van der Waals surface area contributed by atoms with E-state index in [1.165, 1.54) is 0 Å². The number of hydrogen-bond acceptors (Lipinski definition) is 4. The van der Waals surface area contributed by atoms with Crippen LogP contribution in [0.15, 0.2) is 6.20 Å². The van der Waals surface area contributed by atoms with E-state index in [-0.39, 0.29) is 0 Å². The summed E-state index contributed by atoms with van der Waals surface area (Å²) in [5.74, 6) is 0.671. The van der Waals surface area contributed by atoms with Crippen molar-refractivity contribution >= 4 is 0 Å². The highest BCUT2D eigenvalue weighted by molar-refractivity contribution is 4.90. The lowest BCUT2D eigenvalue weighted by Gasteiger charge is -2.14. The largest absolute Gasteiger partial charge is 0.377 e. The third-order valence-corrected chi connectivity index (χ3v) is 2.32. The summed E-state index contributed by atoms with van der Waals surface area (Å²) in [6.07, 6.45) is 3.25. The minimum atomic E-state index is 0.303. The monoisotopic (exact) mass is 226 g/mol. The number of aromatic nitrogens is 3. The van der Waals surface area contributed by atoms with Crippen LogP contribution in [-0.2, 0) is 17.8 Å². The summed E-state index contributed by atoms with van der Waals surface area (Å²) in [6, 6.07) is 0. The smallest absolute Gasteiger partial charge is 0.0962 e. The van der Waals surface area contributed by atoms with Crippen LogP contribution >= 0.6 is 0 Å². The van der Waals surface area contributed by atoms with E-state index in [0.29, 0.717) is 25.2 Å². The molecule has 1 unspecified atom stereocenters. The van der Waals surface area contributed by atoms with Gasteiger partial charge in [0, 0.05) is 12.7 Å². The third-order valence-electron chi connectivity index (χ3n) is 2.32. The normalized spacial score (nSPS) is 13.3. The zero-order chi connectivity index (χ0) is 12.0. The first-order chi connectivity index (χ1) is 7.61. The summed E-state index contributed by atoms with van der Waals surface area (Å²) < 4.78 is 7.45. The van der Waals surface area contributed by atoms with Crippen LogP contribution in [-0.4, -0.2) is 27.7 Å². The fourth-order valence-corrected chi connectivity index (χ4v) is 1.62. The standard InChI is InChI=1S/C11H22N4O/c1-9(2)6-10(3)16-5-4-15-8-11(7-12)13-14-15/h8-10H,4-7,12H2,1-3H3. The van der Waals surface area contributed by atoms with Crippen molar-refractivity contribution in [3.05, 3.63) is 11.9 Å². The van der Waals surface area contributed by atoms with Crippen LogP contribution in [0.25, 0.3) is 0 Å². The molecule has 92 valence electrons. The average molecular weight is 226 g/mol. The van der Waals surface area contributed by atoms with Gasteiger partial charge in [-0.15, -0.1) is 5.10 Å². The van der Waals surface area contributed by atoms with Gasteiger partial charge in [0.05, 0.1) is 24.9 Å². The molecule has 0 fully saturated rings. The number of ether oxygens (including phenoxy) is 1. The number of rotatable bonds is 7. The molecule has 1 rings (SSSR count). The number of nitrogens with two attached hydrogens (primary N) is 1. The Bertz CT molecular complexity index is 298. The Kier molecular flexibility index (Phi) is 5.42. The SMILES string of the molecule is CC(C)CC(C)OCCn1cc(CN)nn1. The molecular formula is C11H22N4O. The van der Waals surface area contributed by atoms with E-state index in [1.807, 2.05) is 6.20 Å². The molecule has 0 aromatic carbocycles. The highest BCUT2D eigenvalue weighted by Gasteiger charge is 2.05. The lowest BCUT2D eigenvalue weighted by atomic mass is 10.1. The first-order valence-corrected chi connectivity index (χ1v) is 5.82. The zero-order valence-electron chi connectivity index (χ0n) is 10.4. The minimum absolute atomic E-state index is 0.303. The summed E-state index contributed by atoms with van der Waals surface area (Å²) in [5.41, 5.74) is 6.26. The van der Waals surface area contributed by atoms with E-state index < -0.39 is 0 Å². The molecule has 0 saturated heterocycles. The molecule has 1 atom stereocenters. The van der Waals surface area contributed by atoms with E-state index in [1.54, 1.807) is 4.68 Å². The summed E-state index contributed by atoms with van der Waals surface area (Å²) in [4.78, 5) is 0. The maximum atomic E-state index is 5.68. The van der Waals surface area contributed by atoms with Crippen LogP contribution in [0.5, 0.6) is 0 Å². The fraction of sp³-hybridized carbons (Fsp3) is 0.818. The van der Waals surface area contributed by atoms with Crippen molar-refractivity contribution in [3.63, 3.8) is 0 Å². The lowest BCUT2D eigenvalue weighted by molar-refractivity contribution is 0.0452. The van der Waals surface area contributed by atoms with Crippen LogP contribution in [0.2, 0.25) is 0 Å². The van der Waals surface area contributed by atoms with Crippen molar-refractivity contribution in [2.75, 3.05) is 6.61 Å². The van der Waals surface area contributed by atoms with Gasteiger partial charge in [-0.1, -0.05) is 19.1 Å². The molecule has 0 aliphatic heterocycles. The first-order valence-electron chi connectivity index (χ1n) is 5.82. The summed E-state index contributed by atoms with van der Waals surface area (Å²) >= 11 is 0. The number of hydrogen-bond donors (Lipinski definition) is 1. The molecule has 1 aromatic heterocycles. The predicted octanol–water partition coefficient (Wildman–Crippen LogP) is 1.19. The van der Waals surface area contributed by atoms with Crippen LogP contribution < -0.4 is 5.73 Å². The molecule has 0 amide bonds. The summed E-state index contributed by atoms with van der Waals surface area (Å²) in [6.45, 7) is 8.34. The zero-order valence-corrected chi connectivity index (χ0v) is 10.4. The van der Waals surface area contributed by atoms with E-state index in [9.17, 15) is 0 Å². The van der Waals surface area contributed by atoms with Crippen LogP contribution in [0.3, 0.4) is 0 Å². The van der Waals surface area contributed by atoms with Crippen LogP contribution in [0, 0.1) is 5.92 Å². The fourth-order valence-electron chi connectivity index (χ4n) is 1.62. The molecule has 1 heterocycles. The topological polar surface area (TPSA) is 66.0 Å². The van der Waals surface area contributed by atoms with Crippen molar-refractivity contribution in [3.8, 4) is 0 Å². The molecule has 5 nitrogen and oxygen atoms in total. The van der Waals surface area contributed by atoms with Gasteiger partial charge in [-0.25, -0.2) is 4.68 Å². The second-order valence-electron chi connectivity index (χ2n) is 4.49. The second-order valence-corrected chi connectivity index (χ2v) is 4.49. The quantitative estimate of drug-likeness (QED) is 0.758. The Morgan fingerprint density at radius 1 is 1.44 bits per heavy atom. The van der Waals surface area contributed by atoms with E-state index in [4.69, 9.17) is 10.5 Å². The molecule has 2 N–H and O–H groups in total. The molecule has 0 radical (unpaired) electrons. The molecule has 0 bridgehead atoms. The van der Waals surface area contributed by atoms with Crippen molar-refractivity contribution in [2.24, 2.45) is 11.7 Å². The van der Waals surface area contributed by atoms with Gasteiger partial charge in [-0.3, -0.25) is 0 Å². The van der Waals surface area contributed by atoms with Gasteiger partial charge in [0.15, 0.2) is 0 Å². The Balaban J connectivity index is 2.19. The highest BCUT2D eigenvalue weighted by atomic mass is 16.5. The van der Waals surface area contributed by atoms with Gasteiger partial charge in [-0.2, -0.15) is 0 Å². The molecule has 0 saturated carbocycles. The molecule has 0 aliphatic rings. The Morgan fingerprint density at radius 3 is 2.75 bits per heavy atom. The van der Waals surface area contributed by atoms with Crippen molar-refractivity contribution < 1.29 is 4.74 Å². The first kappa shape index (κ1) is 13.1. The van der Waals surface area contributed by atoms with E-state index >= 15 is 0 Å². The average Bonchev–Trinajstić information content (AvgIpc) is 2.64.